The number of rotatable bonds is 6. The first kappa shape index (κ1) is 20.2. The van der Waals surface area contributed by atoms with E-state index < -0.39 is 17.9 Å². The van der Waals surface area contributed by atoms with Crippen molar-refractivity contribution in [3.8, 4) is 11.5 Å². The maximum Gasteiger partial charge on any atom is 0.313 e. The van der Waals surface area contributed by atoms with Crippen LogP contribution in [0.25, 0.3) is 10.8 Å². The van der Waals surface area contributed by atoms with Crippen molar-refractivity contribution in [2.75, 3.05) is 26.1 Å². The number of methoxy groups -OCH3 is 2. The van der Waals surface area contributed by atoms with Crippen LogP contribution < -0.4 is 20.1 Å². The summed E-state index contributed by atoms with van der Waals surface area (Å²) in [6.45, 7) is -0.0972. The van der Waals surface area contributed by atoms with Crippen LogP contribution in [0.4, 0.5) is 5.69 Å². The highest BCUT2D eigenvalue weighted by Gasteiger charge is 2.18. The summed E-state index contributed by atoms with van der Waals surface area (Å²) in [4.78, 5) is 24.4. The van der Waals surface area contributed by atoms with Crippen LogP contribution in [-0.4, -0.2) is 37.7 Å². The van der Waals surface area contributed by atoms with Gasteiger partial charge in [-0.1, -0.05) is 42.5 Å². The SMILES string of the molecule is COc1ccc(NC(=O)C(=O)NCC(O)c2cccc3ccccc23)c(OC)c1. The number of amides is 2. The lowest BCUT2D eigenvalue weighted by Gasteiger charge is -2.15. The molecule has 3 rings (SSSR count). The molecule has 0 saturated carbocycles. The van der Waals surface area contributed by atoms with Crippen LogP contribution in [0.1, 0.15) is 11.7 Å². The van der Waals surface area contributed by atoms with Crippen LogP contribution in [0.5, 0.6) is 11.5 Å². The number of carbonyl (C=O) groups excluding carboxylic acids is 2. The molecular weight excluding hydrogens is 372 g/mol. The van der Waals surface area contributed by atoms with E-state index in [-0.39, 0.29) is 6.54 Å². The largest absolute Gasteiger partial charge is 0.497 e. The quantitative estimate of drug-likeness (QED) is 0.559. The van der Waals surface area contributed by atoms with Gasteiger partial charge in [-0.05, 0) is 28.5 Å². The molecule has 1 atom stereocenters. The van der Waals surface area contributed by atoms with Crippen molar-refractivity contribution in [1.82, 2.24) is 5.32 Å². The second-order valence-corrected chi connectivity index (χ2v) is 6.31. The Labute approximate surface area is 168 Å². The summed E-state index contributed by atoms with van der Waals surface area (Å²) in [7, 11) is 2.97. The number of aliphatic hydroxyl groups is 1. The highest BCUT2D eigenvalue weighted by molar-refractivity contribution is 6.39. The molecular formula is C22H22N2O5. The predicted octanol–water partition coefficient (Wildman–Crippen LogP) is 2.65. The van der Waals surface area contributed by atoms with Gasteiger partial charge in [-0.25, -0.2) is 0 Å². The second-order valence-electron chi connectivity index (χ2n) is 6.31. The molecule has 29 heavy (non-hydrogen) atoms. The summed E-state index contributed by atoms with van der Waals surface area (Å²) in [6, 6.07) is 18.0. The van der Waals surface area contributed by atoms with Crippen molar-refractivity contribution in [1.29, 1.82) is 0 Å². The standard InChI is InChI=1S/C22H22N2O5/c1-28-15-10-11-18(20(12-15)29-2)24-22(27)21(26)23-13-19(25)17-9-5-7-14-6-3-4-8-16(14)17/h3-12,19,25H,13H2,1-2H3,(H,23,26)(H,24,27). The number of aliphatic hydroxyl groups excluding tert-OH is 1. The highest BCUT2D eigenvalue weighted by Crippen LogP contribution is 2.29. The van der Waals surface area contributed by atoms with Gasteiger partial charge >= 0.3 is 11.8 Å². The Bertz CT molecular complexity index is 1030. The van der Waals surface area contributed by atoms with E-state index in [1.54, 1.807) is 24.3 Å². The summed E-state index contributed by atoms with van der Waals surface area (Å²) < 4.78 is 10.3. The molecule has 0 saturated heterocycles. The van der Waals surface area contributed by atoms with Gasteiger partial charge < -0.3 is 25.2 Å². The van der Waals surface area contributed by atoms with Crippen molar-refractivity contribution in [3.63, 3.8) is 0 Å². The van der Waals surface area contributed by atoms with E-state index in [1.807, 2.05) is 36.4 Å². The molecule has 0 heterocycles. The van der Waals surface area contributed by atoms with Gasteiger partial charge in [0.15, 0.2) is 0 Å². The molecule has 7 heteroatoms. The van der Waals surface area contributed by atoms with E-state index >= 15 is 0 Å². The Balaban J connectivity index is 1.64. The van der Waals surface area contributed by atoms with Crippen molar-refractivity contribution in [2.45, 2.75) is 6.10 Å². The first-order valence-electron chi connectivity index (χ1n) is 9.00. The lowest BCUT2D eigenvalue weighted by Crippen LogP contribution is -2.37. The number of ether oxygens (including phenoxy) is 2. The van der Waals surface area contributed by atoms with Gasteiger partial charge in [0.1, 0.15) is 11.5 Å². The summed E-state index contributed by atoms with van der Waals surface area (Å²) in [6.07, 6.45) is -0.951. The molecule has 3 aromatic carbocycles. The Hall–Kier alpha value is -3.58. The fourth-order valence-electron chi connectivity index (χ4n) is 3.00. The van der Waals surface area contributed by atoms with E-state index in [0.717, 1.165) is 10.8 Å². The van der Waals surface area contributed by atoms with Crippen molar-refractivity contribution >= 4 is 28.3 Å². The minimum absolute atomic E-state index is 0.0972. The summed E-state index contributed by atoms with van der Waals surface area (Å²) in [5, 5.41) is 17.3. The topological polar surface area (TPSA) is 96.9 Å². The first-order valence-corrected chi connectivity index (χ1v) is 9.00. The fraction of sp³-hybridized carbons (Fsp3) is 0.182. The van der Waals surface area contributed by atoms with E-state index in [2.05, 4.69) is 10.6 Å². The lowest BCUT2D eigenvalue weighted by molar-refractivity contribution is -0.136. The Morgan fingerprint density at radius 3 is 2.48 bits per heavy atom. The molecule has 3 aromatic rings. The number of hydrogen-bond donors (Lipinski definition) is 3. The molecule has 3 N–H and O–H groups in total. The van der Waals surface area contributed by atoms with Gasteiger partial charge in [-0.3, -0.25) is 9.59 Å². The van der Waals surface area contributed by atoms with Crippen LogP contribution in [0.15, 0.2) is 60.7 Å². The second kappa shape index (κ2) is 9.07. The van der Waals surface area contributed by atoms with Gasteiger partial charge in [-0.15, -0.1) is 0 Å². The first-order chi connectivity index (χ1) is 14.0. The van der Waals surface area contributed by atoms with Gasteiger partial charge in [0.25, 0.3) is 0 Å². The Morgan fingerprint density at radius 2 is 1.72 bits per heavy atom. The van der Waals surface area contributed by atoms with Crippen molar-refractivity contribution < 1.29 is 24.2 Å². The van der Waals surface area contributed by atoms with Crippen LogP contribution >= 0.6 is 0 Å². The fourth-order valence-corrected chi connectivity index (χ4v) is 3.00. The molecule has 0 aromatic heterocycles. The summed E-state index contributed by atoms with van der Waals surface area (Å²) in [5.74, 6) is -0.801. The molecule has 0 spiro atoms. The molecule has 1 unspecified atom stereocenters. The third-order valence-electron chi connectivity index (χ3n) is 4.50. The number of nitrogens with one attached hydrogen (secondary N) is 2. The normalized spacial score (nSPS) is 11.6. The number of carbonyl (C=O) groups is 2. The van der Waals surface area contributed by atoms with Crippen LogP contribution in [0.2, 0.25) is 0 Å². The van der Waals surface area contributed by atoms with Gasteiger partial charge in [-0.2, -0.15) is 0 Å². The van der Waals surface area contributed by atoms with Gasteiger partial charge in [0.2, 0.25) is 0 Å². The van der Waals surface area contributed by atoms with Gasteiger partial charge in [0, 0.05) is 12.6 Å². The van der Waals surface area contributed by atoms with E-state index in [9.17, 15) is 14.7 Å². The van der Waals surface area contributed by atoms with Crippen LogP contribution in [0, 0.1) is 0 Å². The number of hydrogen-bond acceptors (Lipinski definition) is 5. The number of fused-ring (bicyclic) bond motifs is 1. The minimum Gasteiger partial charge on any atom is -0.497 e. The predicted molar refractivity (Wildman–Crippen MR) is 110 cm³/mol. The smallest absolute Gasteiger partial charge is 0.313 e. The molecule has 0 aliphatic carbocycles. The minimum atomic E-state index is -0.951. The average molecular weight is 394 g/mol. The maximum atomic E-state index is 12.2. The molecule has 150 valence electrons. The third kappa shape index (κ3) is 4.64. The number of anilines is 1. The molecule has 0 aliphatic rings. The Morgan fingerprint density at radius 1 is 0.966 bits per heavy atom. The summed E-state index contributed by atoms with van der Waals surface area (Å²) >= 11 is 0. The van der Waals surface area contributed by atoms with Crippen LogP contribution in [0.3, 0.4) is 0 Å². The van der Waals surface area contributed by atoms with E-state index in [0.29, 0.717) is 22.7 Å². The maximum absolute atomic E-state index is 12.2. The lowest BCUT2D eigenvalue weighted by atomic mass is 10.0. The number of benzene rings is 3. The molecule has 0 fully saturated rings. The van der Waals surface area contributed by atoms with E-state index in [4.69, 9.17) is 9.47 Å². The zero-order chi connectivity index (χ0) is 20.8. The zero-order valence-electron chi connectivity index (χ0n) is 16.1. The van der Waals surface area contributed by atoms with Crippen molar-refractivity contribution in [2.24, 2.45) is 0 Å². The molecule has 0 radical (unpaired) electrons. The summed E-state index contributed by atoms with van der Waals surface area (Å²) in [5.41, 5.74) is 1.02. The monoisotopic (exact) mass is 394 g/mol. The van der Waals surface area contributed by atoms with E-state index in [1.165, 1.54) is 14.2 Å². The average Bonchev–Trinajstić information content (AvgIpc) is 2.76. The zero-order valence-corrected chi connectivity index (χ0v) is 16.1. The van der Waals surface area contributed by atoms with Gasteiger partial charge in [0.05, 0.1) is 26.0 Å². The third-order valence-corrected chi connectivity index (χ3v) is 4.50. The Kier molecular flexibility index (Phi) is 6.31. The highest BCUT2D eigenvalue weighted by atomic mass is 16.5. The molecule has 2 amide bonds. The van der Waals surface area contributed by atoms with Crippen molar-refractivity contribution in [3.05, 3.63) is 66.2 Å². The molecule has 0 aliphatic heterocycles. The molecule has 0 bridgehead atoms. The molecule has 7 nitrogen and oxygen atoms in total. The van der Waals surface area contributed by atoms with Crippen LogP contribution in [-0.2, 0) is 9.59 Å².